The van der Waals surface area contributed by atoms with E-state index < -0.39 is 0 Å². The molecule has 0 radical (unpaired) electrons. The second-order valence-corrected chi connectivity index (χ2v) is 5.49. The van der Waals surface area contributed by atoms with Gasteiger partial charge in [-0.25, -0.2) is 14.4 Å². The lowest BCUT2D eigenvalue weighted by atomic mass is 10.2. The number of hydrogen-bond acceptors (Lipinski definition) is 3. The zero-order chi connectivity index (χ0) is 12.7. The molecule has 3 nitrogen and oxygen atoms in total. The highest BCUT2D eigenvalue weighted by atomic mass is 127. The Morgan fingerprint density at radius 1 is 1.17 bits per heavy atom. The highest BCUT2D eigenvalue weighted by molar-refractivity contribution is 14.1. The van der Waals surface area contributed by atoms with E-state index in [2.05, 4.69) is 32.6 Å². The molecule has 1 aromatic carbocycles. The molecule has 1 saturated carbocycles. The fourth-order valence-corrected chi connectivity index (χ4v) is 2.52. The van der Waals surface area contributed by atoms with Gasteiger partial charge in [-0.1, -0.05) is 0 Å². The first-order chi connectivity index (χ1) is 8.65. The van der Waals surface area contributed by atoms with Crippen molar-refractivity contribution in [3.8, 4) is 11.4 Å². The summed E-state index contributed by atoms with van der Waals surface area (Å²) in [5, 5.41) is 0. The van der Waals surface area contributed by atoms with Crippen LogP contribution in [0.4, 0.5) is 10.2 Å². The molecule has 0 amide bonds. The summed E-state index contributed by atoms with van der Waals surface area (Å²) >= 11 is 2.19. The maximum atomic E-state index is 12.9. The quantitative estimate of drug-likeness (QED) is 0.841. The molecule has 0 atom stereocenters. The van der Waals surface area contributed by atoms with E-state index in [0.717, 1.165) is 27.7 Å². The average Bonchev–Trinajstić information content (AvgIpc) is 3.18. The molecule has 92 valence electrons. The molecular weight excluding hydrogens is 344 g/mol. The highest BCUT2D eigenvalue weighted by Crippen LogP contribution is 2.42. The number of halogens is 2. The molecule has 0 aliphatic heterocycles. The number of nitrogen functional groups attached to an aromatic ring is 1. The second-order valence-electron chi connectivity index (χ2n) is 4.41. The smallest absolute Gasteiger partial charge is 0.161 e. The Kier molecular flexibility index (Phi) is 2.93. The average molecular weight is 355 g/mol. The van der Waals surface area contributed by atoms with Gasteiger partial charge in [0.1, 0.15) is 11.6 Å². The number of aromatic nitrogens is 2. The van der Waals surface area contributed by atoms with Gasteiger partial charge in [-0.2, -0.15) is 0 Å². The molecule has 1 fully saturated rings. The largest absolute Gasteiger partial charge is 0.383 e. The van der Waals surface area contributed by atoms with Gasteiger partial charge in [0.25, 0.3) is 0 Å². The zero-order valence-electron chi connectivity index (χ0n) is 9.53. The van der Waals surface area contributed by atoms with Crippen molar-refractivity contribution < 1.29 is 4.39 Å². The van der Waals surface area contributed by atoms with E-state index in [1.807, 2.05) is 0 Å². The van der Waals surface area contributed by atoms with Gasteiger partial charge in [-0.3, -0.25) is 0 Å². The first-order valence-electron chi connectivity index (χ1n) is 5.74. The van der Waals surface area contributed by atoms with E-state index in [-0.39, 0.29) is 5.82 Å². The molecule has 0 saturated heterocycles. The summed E-state index contributed by atoms with van der Waals surface area (Å²) in [6, 6.07) is 6.16. The SMILES string of the molecule is Nc1nc(-c2ccc(F)cc2)nc(C2CC2)c1I. The summed E-state index contributed by atoms with van der Waals surface area (Å²) in [5.41, 5.74) is 7.74. The number of nitrogens with zero attached hydrogens (tertiary/aromatic N) is 2. The Morgan fingerprint density at radius 3 is 2.44 bits per heavy atom. The summed E-state index contributed by atoms with van der Waals surface area (Å²) in [4.78, 5) is 8.85. The monoisotopic (exact) mass is 355 g/mol. The third-order valence-corrected chi connectivity index (χ3v) is 4.07. The fourth-order valence-electron chi connectivity index (χ4n) is 1.84. The number of rotatable bonds is 2. The van der Waals surface area contributed by atoms with Crippen LogP contribution in [0.1, 0.15) is 24.5 Å². The Balaban J connectivity index is 2.09. The van der Waals surface area contributed by atoms with Gasteiger partial charge in [0.15, 0.2) is 5.82 Å². The van der Waals surface area contributed by atoms with Gasteiger partial charge in [0.05, 0.1) is 9.26 Å². The molecule has 3 rings (SSSR count). The maximum Gasteiger partial charge on any atom is 0.161 e. The molecule has 1 heterocycles. The summed E-state index contributed by atoms with van der Waals surface area (Å²) in [6.45, 7) is 0. The molecule has 0 unspecified atom stereocenters. The summed E-state index contributed by atoms with van der Waals surface area (Å²) in [6.07, 6.45) is 2.32. The predicted octanol–water partition coefficient (Wildman–Crippen LogP) is 3.35. The Labute approximate surface area is 118 Å². The Bertz CT molecular complexity index is 594. The van der Waals surface area contributed by atoms with Gasteiger partial charge in [0, 0.05) is 11.5 Å². The minimum Gasteiger partial charge on any atom is -0.383 e. The molecule has 5 heteroatoms. The van der Waals surface area contributed by atoms with Gasteiger partial charge >= 0.3 is 0 Å². The zero-order valence-corrected chi connectivity index (χ0v) is 11.7. The molecule has 2 aromatic rings. The van der Waals surface area contributed by atoms with Crippen molar-refractivity contribution in [2.24, 2.45) is 0 Å². The van der Waals surface area contributed by atoms with Crippen molar-refractivity contribution in [3.05, 3.63) is 39.3 Å². The van der Waals surface area contributed by atoms with Crippen LogP contribution in [0, 0.1) is 9.39 Å². The topological polar surface area (TPSA) is 51.8 Å². The van der Waals surface area contributed by atoms with Gasteiger partial charge in [0.2, 0.25) is 0 Å². The first kappa shape index (κ1) is 11.8. The van der Waals surface area contributed by atoms with Crippen molar-refractivity contribution in [2.75, 3.05) is 5.73 Å². The minimum absolute atomic E-state index is 0.264. The Morgan fingerprint density at radius 2 is 1.83 bits per heavy atom. The van der Waals surface area contributed by atoms with E-state index in [9.17, 15) is 4.39 Å². The molecule has 1 aliphatic carbocycles. The van der Waals surface area contributed by atoms with Crippen LogP contribution in [-0.2, 0) is 0 Å². The van der Waals surface area contributed by atoms with E-state index >= 15 is 0 Å². The molecule has 1 aliphatic rings. The normalized spacial score (nSPS) is 14.8. The van der Waals surface area contributed by atoms with Crippen LogP contribution in [0.25, 0.3) is 11.4 Å². The van der Waals surface area contributed by atoms with E-state index in [1.165, 1.54) is 12.1 Å². The lowest BCUT2D eigenvalue weighted by Gasteiger charge is -2.08. The lowest BCUT2D eigenvalue weighted by molar-refractivity contribution is 0.628. The standard InChI is InChI=1S/C13H11FIN3/c14-9-5-3-8(4-6-9)13-17-11(7-1-2-7)10(15)12(16)18-13/h3-7H,1-2H2,(H2,16,17,18). The maximum absolute atomic E-state index is 12.9. The molecule has 0 bridgehead atoms. The van der Waals surface area contributed by atoms with Gasteiger partial charge < -0.3 is 5.73 Å². The van der Waals surface area contributed by atoms with Crippen molar-refractivity contribution >= 4 is 28.4 Å². The predicted molar refractivity (Wildman–Crippen MR) is 76.5 cm³/mol. The van der Waals surface area contributed by atoms with Crippen LogP contribution in [0.3, 0.4) is 0 Å². The van der Waals surface area contributed by atoms with E-state index in [1.54, 1.807) is 12.1 Å². The van der Waals surface area contributed by atoms with Gasteiger partial charge in [-0.05, 0) is 59.7 Å². The van der Waals surface area contributed by atoms with E-state index in [4.69, 9.17) is 5.73 Å². The van der Waals surface area contributed by atoms with Crippen LogP contribution < -0.4 is 5.73 Å². The molecule has 0 spiro atoms. The molecule has 2 N–H and O–H groups in total. The Hall–Kier alpha value is -1.24. The number of anilines is 1. The third kappa shape index (κ3) is 2.19. The van der Waals surface area contributed by atoms with Crippen molar-refractivity contribution in [1.82, 2.24) is 9.97 Å². The highest BCUT2D eigenvalue weighted by Gasteiger charge is 2.29. The van der Waals surface area contributed by atoms with Crippen molar-refractivity contribution in [2.45, 2.75) is 18.8 Å². The van der Waals surface area contributed by atoms with Crippen LogP contribution in [0.15, 0.2) is 24.3 Å². The van der Waals surface area contributed by atoms with Crippen LogP contribution >= 0.6 is 22.6 Å². The summed E-state index contributed by atoms with van der Waals surface area (Å²) in [7, 11) is 0. The van der Waals surface area contributed by atoms with Crippen LogP contribution in [-0.4, -0.2) is 9.97 Å². The molecular formula is C13H11FIN3. The van der Waals surface area contributed by atoms with Gasteiger partial charge in [-0.15, -0.1) is 0 Å². The summed E-state index contributed by atoms with van der Waals surface area (Å²) in [5.74, 6) is 1.34. The molecule has 18 heavy (non-hydrogen) atoms. The molecule has 1 aromatic heterocycles. The van der Waals surface area contributed by atoms with E-state index in [0.29, 0.717) is 17.6 Å². The van der Waals surface area contributed by atoms with Crippen molar-refractivity contribution in [3.63, 3.8) is 0 Å². The third-order valence-electron chi connectivity index (χ3n) is 2.97. The minimum atomic E-state index is -0.264. The number of hydrogen-bond donors (Lipinski definition) is 1. The summed E-state index contributed by atoms with van der Waals surface area (Å²) < 4.78 is 13.8. The fraction of sp³-hybridized carbons (Fsp3) is 0.231. The number of nitrogens with two attached hydrogens (primary N) is 1. The first-order valence-corrected chi connectivity index (χ1v) is 6.82. The van der Waals surface area contributed by atoms with Crippen molar-refractivity contribution in [1.29, 1.82) is 0 Å². The number of benzene rings is 1. The van der Waals surface area contributed by atoms with Crippen LogP contribution in [0.5, 0.6) is 0 Å². The second kappa shape index (κ2) is 4.46. The lowest BCUT2D eigenvalue weighted by Crippen LogP contribution is -2.04. The van der Waals surface area contributed by atoms with Crippen LogP contribution in [0.2, 0.25) is 0 Å².